The Hall–Kier alpha value is -2.21. The highest BCUT2D eigenvalue weighted by molar-refractivity contribution is 6.29. The number of ether oxygens (including phenoxy) is 2. The molecule has 100 valence electrons. The average Bonchev–Trinajstić information content (AvgIpc) is 2.37. The standard InChI is InChI=1S/C12H11ClN2O4/c1-18-8-4-3-7(5-9(8)19-2)15-11(16)6-10(13)14-12(15)17/h3-6H,1-2H3,(H,14,17). The number of aromatic amines is 1. The van der Waals surface area contributed by atoms with Crippen molar-refractivity contribution in [3.63, 3.8) is 0 Å². The molecule has 0 amide bonds. The number of benzene rings is 1. The number of nitrogens with zero attached hydrogens (tertiary/aromatic N) is 1. The first kappa shape index (κ1) is 13.2. The van der Waals surface area contributed by atoms with E-state index < -0.39 is 11.2 Å². The van der Waals surface area contributed by atoms with Gasteiger partial charge in [0.25, 0.3) is 5.56 Å². The van der Waals surface area contributed by atoms with E-state index in [-0.39, 0.29) is 5.15 Å². The van der Waals surface area contributed by atoms with Crippen molar-refractivity contribution < 1.29 is 9.47 Å². The molecular weight excluding hydrogens is 272 g/mol. The second-order valence-corrected chi connectivity index (χ2v) is 4.04. The molecule has 7 heteroatoms. The first-order chi connectivity index (χ1) is 9.06. The zero-order chi connectivity index (χ0) is 14.0. The van der Waals surface area contributed by atoms with Crippen molar-refractivity contribution in [1.29, 1.82) is 0 Å². The summed E-state index contributed by atoms with van der Waals surface area (Å²) in [4.78, 5) is 25.9. The van der Waals surface area contributed by atoms with Crippen LogP contribution in [0.1, 0.15) is 0 Å². The predicted octanol–water partition coefficient (Wildman–Crippen LogP) is 1.20. The molecule has 0 aliphatic carbocycles. The second kappa shape index (κ2) is 5.19. The fourth-order valence-electron chi connectivity index (χ4n) is 1.68. The number of methoxy groups -OCH3 is 2. The minimum atomic E-state index is -0.621. The maximum atomic E-state index is 11.8. The lowest BCUT2D eigenvalue weighted by atomic mass is 10.2. The number of nitrogens with one attached hydrogen (secondary N) is 1. The smallest absolute Gasteiger partial charge is 0.334 e. The summed E-state index contributed by atoms with van der Waals surface area (Å²) in [5.74, 6) is 0.922. The Kier molecular flexibility index (Phi) is 3.62. The van der Waals surface area contributed by atoms with Crippen LogP contribution in [-0.4, -0.2) is 23.8 Å². The quantitative estimate of drug-likeness (QED) is 0.859. The van der Waals surface area contributed by atoms with Crippen LogP contribution >= 0.6 is 11.6 Å². The maximum absolute atomic E-state index is 11.8. The molecular formula is C12H11ClN2O4. The zero-order valence-corrected chi connectivity index (χ0v) is 11.0. The highest BCUT2D eigenvalue weighted by Gasteiger charge is 2.10. The van der Waals surface area contributed by atoms with Gasteiger partial charge in [0.1, 0.15) is 5.15 Å². The highest BCUT2D eigenvalue weighted by atomic mass is 35.5. The normalized spacial score (nSPS) is 10.3. The van der Waals surface area contributed by atoms with Crippen LogP contribution in [-0.2, 0) is 0 Å². The first-order valence-corrected chi connectivity index (χ1v) is 5.69. The van der Waals surface area contributed by atoms with Gasteiger partial charge in [0.15, 0.2) is 11.5 Å². The second-order valence-electron chi connectivity index (χ2n) is 3.64. The minimum absolute atomic E-state index is 0.00766. The Morgan fingerprint density at radius 2 is 1.79 bits per heavy atom. The van der Waals surface area contributed by atoms with Crippen molar-refractivity contribution in [3.05, 3.63) is 50.3 Å². The molecule has 19 heavy (non-hydrogen) atoms. The molecule has 0 atom stereocenters. The van der Waals surface area contributed by atoms with E-state index in [1.54, 1.807) is 12.1 Å². The first-order valence-electron chi connectivity index (χ1n) is 5.31. The number of hydrogen-bond donors (Lipinski definition) is 1. The Morgan fingerprint density at radius 1 is 1.11 bits per heavy atom. The van der Waals surface area contributed by atoms with Gasteiger partial charge in [0, 0.05) is 12.1 Å². The predicted molar refractivity (Wildman–Crippen MR) is 70.8 cm³/mol. The van der Waals surface area contributed by atoms with Crippen molar-refractivity contribution in [3.8, 4) is 17.2 Å². The largest absolute Gasteiger partial charge is 0.493 e. The van der Waals surface area contributed by atoms with Gasteiger partial charge in [0.05, 0.1) is 19.9 Å². The van der Waals surface area contributed by atoms with Crippen LogP contribution in [0.4, 0.5) is 0 Å². The Labute approximate surface area is 113 Å². The minimum Gasteiger partial charge on any atom is -0.493 e. The molecule has 0 saturated carbocycles. The molecule has 0 fully saturated rings. The van der Waals surface area contributed by atoms with Gasteiger partial charge in [0.2, 0.25) is 0 Å². The van der Waals surface area contributed by atoms with Crippen LogP contribution in [0.3, 0.4) is 0 Å². The Morgan fingerprint density at radius 3 is 2.37 bits per heavy atom. The molecule has 1 aromatic heterocycles. The summed E-state index contributed by atoms with van der Waals surface area (Å²) in [7, 11) is 2.97. The average molecular weight is 283 g/mol. The topological polar surface area (TPSA) is 73.3 Å². The van der Waals surface area contributed by atoms with Crippen molar-refractivity contribution in [1.82, 2.24) is 9.55 Å². The van der Waals surface area contributed by atoms with Gasteiger partial charge < -0.3 is 9.47 Å². The van der Waals surface area contributed by atoms with E-state index in [0.29, 0.717) is 17.2 Å². The molecule has 0 spiro atoms. The lowest BCUT2D eigenvalue weighted by Crippen LogP contribution is -2.32. The molecule has 2 aromatic rings. The number of hydrogen-bond acceptors (Lipinski definition) is 4. The number of rotatable bonds is 3. The fraction of sp³-hybridized carbons (Fsp3) is 0.167. The number of halogens is 1. The third-order valence-electron chi connectivity index (χ3n) is 2.53. The summed E-state index contributed by atoms with van der Waals surface area (Å²) < 4.78 is 11.2. The van der Waals surface area contributed by atoms with Crippen molar-refractivity contribution in [2.75, 3.05) is 14.2 Å². The molecule has 0 saturated heterocycles. The number of H-pyrrole nitrogens is 1. The van der Waals surface area contributed by atoms with E-state index in [9.17, 15) is 9.59 Å². The molecule has 0 bridgehead atoms. The van der Waals surface area contributed by atoms with Gasteiger partial charge >= 0.3 is 5.69 Å². The molecule has 1 N–H and O–H groups in total. The van der Waals surface area contributed by atoms with Gasteiger partial charge in [-0.1, -0.05) is 11.6 Å². The van der Waals surface area contributed by atoms with E-state index in [2.05, 4.69) is 4.98 Å². The SMILES string of the molecule is COc1ccc(-n2c(=O)cc(Cl)[nH]c2=O)cc1OC. The van der Waals surface area contributed by atoms with Gasteiger partial charge in [-0.25, -0.2) is 9.36 Å². The monoisotopic (exact) mass is 282 g/mol. The molecule has 1 aromatic carbocycles. The molecule has 1 heterocycles. The number of aromatic nitrogens is 2. The molecule has 2 rings (SSSR count). The third kappa shape index (κ3) is 2.48. The van der Waals surface area contributed by atoms with E-state index in [0.717, 1.165) is 10.6 Å². The van der Waals surface area contributed by atoms with Crippen LogP contribution in [0.5, 0.6) is 11.5 Å². The summed E-state index contributed by atoms with van der Waals surface area (Å²) in [5.41, 5.74) is -0.786. The van der Waals surface area contributed by atoms with Gasteiger partial charge in [-0.3, -0.25) is 9.78 Å². The molecule has 0 aliphatic rings. The maximum Gasteiger partial charge on any atom is 0.334 e. The van der Waals surface area contributed by atoms with Crippen LogP contribution in [0.2, 0.25) is 5.15 Å². The Bertz CT molecular complexity index is 689. The highest BCUT2D eigenvalue weighted by Crippen LogP contribution is 2.28. The third-order valence-corrected chi connectivity index (χ3v) is 2.73. The van der Waals surface area contributed by atoms with Crippen molar-refractivity contribution in [2.24, 2.45) is 0 Å². The summed E-state index contributed by atoms with van der Waals surface area (Å²) in [6, 6.07) is 5.84. The lowest BCUT2D eigenvalue weighted by Gasteiger charge is -2.10. The summed E-state index contributed by atoms with van der Waals surface area (Å²) in [5, 5.41) is -0.00766. The lowest BCUT2D eigenvalue weighted by molar-refractivity contribution is 0.355. The van der Waals surface area contributed by atoms with Gasteiger partial charge in [-0.05, 0) is 12.1 Å². The Balaban J connectivity index is 2.67. The van der Waals surface area contributed by atoms with Crippen LogP contribution in [0.15, 0.2) is 33.9 Å². The summed E-state index contributed by atoms with van der Waals surface area (Å²) >= 11 is 5.60. The van der Waals surface area contributed by atoms with Gasteiger partial charge in [-0.2, -0.15) is 0 Å². The summed E-state index contributed by atoms with van der Waals surface area (Å²) in [6.45, 7) is 0. The van der Waals surface area contributed by atoms with Crippen molar-refractivity contribution >= 4 is 11.6 Å². The van der Waals surface area contributed by atoms with E-state index in [4.69, 9.17) is 21.1 Å². The van der Waals surface area contributed by atoms with Crippen LogP contribution < -0.4 is 20.7 Å². The van der Waals surface area contributed by atoms with Crippen LogP contribution in [0.25, 0.3) is 5.69 Å². The zero-order valence-electron chi connectivity index (χ0n) is 10.3. The molecule has 0 radical (unpaired) electrons. The van der Waals surface area contributed by atoms with Crippen molar-refractivity contribution in [2.45, 2.75) is 0 Å². The van der Waals surface area contributed by atoms with E-state index >= 15 is 0 Å². The summed E-state index contributed by atoms with van der Waals surface area (Å²) in [6.07, 6.45) is 0. The van der Waals surface area contributed by atoms with Crippen LogP contribution in [0, 0.1) is 0 Å². The molecule has 0 aliphatic heterocycles. The van der Waals surface area contributed by atoms with E-state index in [1.165, 1.54) is 20.3 Å². The van der Waals surface area contributed by atoms with Gasteiger partial charge in [-0.15, -0.1) is 0 Å². The molecule has 0 unspecified atom stereocenters. The fourth-order valence-corrected chi connectivity index (χ4v) is 1.85. The van der Waals surface area contributed by atoms with E-state index in [1.807, 2.05) is 0 Å². The molecule has 6 nitrogen and oxygen atoms in total.